The fraction of sp³-hybridized carbons (Fsp3) is 0.192. The van der Waals surface area contributed by atoms with Crippen molar-refractivity contribution in [2.24, 2.45) is 5.10 Å². The zero-order valence-corrected chi connectivity index (χ0v) is 18.8. The highest BCUT2D eigenvalue weighted by atomic mass is 32.1. The van der Waals surface area contributed by atoms with Gasteiger partial charge in [0.2, 0.25) is 0 Å². The first-order valence-corrected chi connectivity index (χ1v) is 11.3. The summed E-state index contributed by atoms with van der Waals surface area (Å²) in [5.41, 5.74) is 7.97. The number of nitrogens with one attached hydrogen (secondary N) is 1. The van der Waals surface area contributed by atoms with E-state index in [1.807, 2.05) is 43.3 Å². The Kier molecular flexibility index (Phi) is 6.23. The number of para-hydroxylation sites is 1. The third-order valence-corrected chi connectivity index (χ3v) is 6.21. The molecule has 1 amide bonds. The summed E-state index contributed by atoms with van der Waals surface area (Å²) in [6.45, 7) is 6.14. The molecule has 4 aromatic rings. The van der Waals surface area contributed by atoms with E-state index in [-0.39, 0.29) is 5.91 Å². The molecule has 31 heavy (non-hydrogen) atoms. The third-order valence-electron chi connectivity index (χ3n) is 5.19. The van der Waals surface area contributed by atoms with E-state index in [1.54, 1.807) is 11.3 Å². The Morgan fingerprint density at radius 1 is 1.06 bits per heavy atom. The van der Waals surface area contributed by atoms with Crippen LogP contribution < -0.4 is 5.43 Å². The standard InChI is InChI=1S/C26H25N3OS/c1-4-7-19-11-13-20(14-12-19)18(3)28-29-26(30)22-16-24(25-15-10-17(2)31-25)27-23-9-6-5-8-21(22)23/h5-6,8-16H,4,7H2,1-3H3,(H,29,30). The number of thiophene rings is 1. The highest BCUT2D eigenvalue weighted by Crippen LogP contribution is 2.29. The van der Waals surface area contributed by atoms with Crippen molar-refractivity contribution < 1.29 is 4.79 Å². The van der Waals surface area contributed by atoms with Crippen molar-refractivity contribution in [3.63, 3.8) is 0 Å². The number of hydrogen-bond acceptors (Lipinski definition) is 4. The molecule has 0 spiro atoms. The van der Waals surface area contributed by atoms with Gasteiger partial charge in [0.25, 0.3) is 5.91 Å². The Bertz CT molecular complexity index is 1260. The molecule has 2 aromatic heterocycles. The van der Waals surface area contributed by atoms with Crippen LogP contribution in [0.5, 0.6) is 0 Å². The number of fused-ring (bicyclic) bond motifs is 1. The maximum atomic E-state index is 13.1. The largest absolute Gasteiger partial charge is 0.272 e. The second-order valence-corrected chi connectivity index (χ2v) is 8.86. The Balaban J connectivity index is 1.63. The lowest BCUT2D eigenvalue weighted by Gasteiger charge is -2.09. The van der Waals surface area contributed by atoms with Gasteiger partial charge < -0.3 is 0 Å². The van der Waals surface area contributed by atoms with Crippen LogP contribution in [0.2, 0.25) is 0 Å². The third kappa shape index (κ3) is 4.72. The zero-order valence-electron chi connectivity index (χ0n) is 18.0. The number of hydrogen-bond donors (Lipinski definition) is 1. The molecule has 0 aliphatic heterocycles. The van der Waals surface area contributed by atoms with Crippen LogP contribution in [0.25, 0.3) is 21.5 Å². The Morgan fingerprint density at radius 2 is 1.84 bits per heavy atom. The second kappa shape index (κ2) is 9.23. The molecule has 156 valence electrons. The summed E-state index contributed by atoms with van der Waals surface area (Å²) in [5, 5.41) is 5.17. The normalized spacial score (nSPS) is 11.6. The average molecular weight is 428 g/mol. The van der Waals surface area contributed by atoms with Gasteiger partial charge in [-0.05, 0) is 55.7 Å². The van der Waals surface area contributed by atoms with E-state index in [1.165, 1.54) is 10.4 Å². The van der Waals surface area contributed by atoms with Gasteiger partial charge in [-0.25, -0.2) is 10.4 Å². The number of pyridine rings is 1. The molecule has 4 nitrogen and oxygen atoms in total. The molecule has 5 heteroatoms. The van der Waals surface area contributed by atoms with Gasteiger partial charge in [-0.2, -0.15) is 5.10 Å². The zero-order chi connectivity index (χ0) is 21.8. The number of hydrazone groups is 1. The van der Waals surface area contributed by atoms with Crippen LogP contribution in [0.4, 0.5) is 0 Å². The summed E-state index contributed by atoms with van der Waals surface area (Å²) in [5.74, 6) is -0.241. The van der Waals surface area contributed by atoms with Crippen molar-refractivity contribution in [3.8, 4) is 10.6 Å². The minimum atomic E-state index is -0.241. The lowest BCUT2D eigenvalue weighted by Crippen LogP contribution is -2.20. The molecule has 0 atom stereocenters. The molecule has 0 unspecified atom stereocenters. The minimum absolute atomic E-state index is 0.241. The predicted molar refractivity (Wildman–Crippen MR) is 130 cm³/mol. The van der Waals surface area contributed by atoms with Gasteiger partial charge in [-0.15, -0.1) is 11.3 Å². The SMILES string of the molecule is CCCc1ccc(C(C)=NNC(=O)c2cc(-c3ccc(C)s3)nc3ccccc23)cc1. The molecule has 0 aliphatic carbocycles. The number of rotatable bonds is 6. The maximum Gasteiger partial charge on any atom is 0.272 e. The summed E-state index contributed by atoms with van der Waals surface area (Å²) in [6.07, 6.45) is 2.18. The summed E-state index contributed by atoms with van der Waals surface area (Å²) >= 11 is 1.67. The topological polar surface area (TPSA) is 54.4 Å². The molecular weight excluding hydrogens is 402 g/mol. The Hall–Kier alpha value is -3.31. The Morgan fingerprint density at radius 3 is 2.55 bits per heavy atom. The molecule has 0 bridgehead atoms. The first kappa shape index (κ1) is 20.9. The van der Waals surface area contributed by atoms with E-state index in [0.29, 0.717) is 5.56 Å². The van der Waals surface area contributed by atoms with Gasteiger partial charge in [0.1, 0.15) is 0 Å². The number of carbonyl (C=O) groups excluding carboxylic acids is 1. The molecule has 2 aromatic carbocycles. The number of benzene rings is 2. The van der Waals surface area contributed by atoms with Crippen LogP contribution in [0, 0.1) is 6.92 Å². The van der Waals surface area contributed by atoms with Crippen molar-refractivity contribution >= 4 is 33.9 Å². The molecule has 2 heterocycles. The molecule has 0 saturated carbocycles. The maximum absolute atomic E-state index is 13.1. The van der Waals surface area contributed by atoms with E-state index in [0.717, 1.165) is 45.6 Å². The molecule has 0 radical (unpaired) electrons. The van der Waals surface area contributed by atoms with E-state index in [2.05, 4.69) is 54.7 Å². The highest BCUT2D eigenvalue weighted by molar-refractivity contribution is 7.15. The molecule has 4 rings (SSSR count). The fourth-order valence-electron chi connectivity index (χ4n) is 3.52. The summed E-state index contributed by atoms with van der Waals surface area (Å²) in [4.78, 5) is 20.1. The van der Waals surface area contributed by atoms with Gasteiger partial charge in [-0.3, -0.25) is 4.79 Å². The molecule has 0 aliphatic rings. The van der Waals surface area contributed by atoms with Crippen molar-refractivity contribution in [2.75, 3.05) is 0 Å². The van der Waals surface area contributed by atoms with Gasteiger partial charge in [-0.1, -0.05) is 55.8 Å². The minimum Gasteiger partial charge on any atom is -0.267 e. The first-order valence-electron chi connectivity index (χ1n) is 10.5. The number of nitrogens with zero attached hydrogens (tertiary/aromatic N) is 2. The molecular formula is C26H25N3OS. The van der Waals surface area contributed by atoms with Crippen molar-refractivity contribution in [1.82, 2.24) is 10.4 Å². The van der Waals surface area contributed by atoms with Gasteiger partial charge in [0.05, 0.1) is 27.4 Å². The molecule has 0 saturated heterocycles. The smallest absolute Gasteiger partial charge is 0.267 e. The number of aromatic nitrogens is 1. The van der Waals surface area contributed by atoms with E-state index >= 15 is 0 Å². The fourth-order valence-corrected chi connectivity index (χ4v) is 4.35. The lowest BCUT2D eigenvalue weighted by atomic mass is 10.1. The van der Waals surface area contributed by atoms with Crippen LogP contribution in [0.1, 0.15) is 46.6 Å². The van der Waals surface area contributed by atoms with Crippen LogP contribution in [0.3, 0.4) is 0 Å². The quantitative estimate of drug-likeness (QED) is 0.287. The molecule has 0 fully saturated rings. The van der Waals surface area contributed by atoms with E-state index in [9.17, 15) is 4.79 Å². The van der Waals surface area contributed by atoms with Gasteiger partial charge >= 0.3 is 0 Å². The lowest BCUT2D eigenvalue weighted by molar-refractivity contribution is 0.0956. The van der Waals surface area contributed by atoms with Crippen molar-refractivity contribution in [1.29, 1.82) is 0 Å². The number of amides is 1. The van der Waals surface area contributed by atoms with Crippen molar-refractivity contribution in [2.45, 2.75) is 33.6 Å². The van der Waals surface area contributed by atoms with Crippen LogP contribution >= 0.6 is 11.3 Å². The summed E-state index contributed by atoms with van der Waals surface area (Å²) < 4.78 is 0. The first-order chi connectivity index (χ1) is 15.0. The number of carbonyl (C=O) groups is 1. The van der Waals surface area contributed by atoms with E-state index < -0.39 is 0 Å². The second-order valence-electron chi connectivity index (χ2n) is 7.57. The van der Waals surface area contributed by atoms with E-state index in [4.69, 9.17) is 4.98 Å². The summed E-state index contributed by atoms with van der Waals surface area (Å²) in [6, 6.07) is 22.0. The van der Waals surface area contributed by atoms with Crippen LogP contribution in [-0.4, -0.2) is 16.6 Å². The number of aryl methyl sites for hydroxylation is 2. The predicted octanol–water partition coefficient (Wildman–Crippen LogP) is 6.38. The molecule has 1 N–H and O–H groups in total. The van der Waals surface area contributed by atoms with Crippen LogP contribution in [0.15, 0.2) is 71.8 Å². The van der Waals surface area contributed by atoms with Crippen molar-refractivity contribution in [3.05, 3.63) is 88.3 Å². The average Bonchev–Trinajstić information content (AvgIpc) is 3.23. The Labute approximate surface area is 186 Å². The monoisotopic (exact) mass is 427 g/mol. The highest BCUT2D eigenvalue weighted by Gasteiger charge is 2.14. The van der Waals surface area contributed by atoms with Gasteiger partial charge in [0, 0.05) is 10.3 Å². The van der Waals surface area contributed by atoms with Gasteiger partial charge in [0.15, 0.2) is 0 Å². The summed E-state index contributed by atoms with van der Waals surface area (Å²) in [7, 11) is 0. The van der Waals surface area contributed by atoms with Crippen LogP contribution in [-0.2, 0) is 6.42 Å².